The van der Waals surface area contributed by atoms with Gasteiger partial charge < -0.3 is 0 Å². The summed E-state index contributed by atoms with van der Waals surface area (Å²) < 4.78 is 4.19. The molecule has 0 saturated carbocycles. The number of nitrogens with zero attached hydrogens (tertiary/aromatic N) is 2. The highest BCUT2D eigenvalue weighted by Crippen LogP contribution is 2.27. The van der Waals surface area contributed by atoms with Gasteiger partial charge in [-0.25, -0.2) is 4.98 Å². The molecule has 0 atom stereocenters. The van der Waals surface area contributed by atoms with Crippen LogP contribution in [0.1, 0.15) is 19.7 Å². The molecule has 9 heavy (non-hydrogen) atoms. The van der Waals surface area contributed by atoms with Gasteiger partial charge in [-0.15, -0.1) is 0 Å². The largest absolute Gasteiger partial charge is 0.227 e. The van der Waals surface area contributed by atoms with Gasteiger partial charge in [-0.05, 0) is 25.4 Å². The van der Waals surface area contributed by atoms with E-state index in [1.807, 2.05) is 0 Å². The quantitative estimate of drug-likeness (QED) is 0.567. The molecule has 50 valence electrons. The van der Waals surface area contributed by atoms with Crippen molar-refractivity contribution in [3.05, 3.63) is 11.3 Å². The minimum absolute atomic E-state index is 0.0811. The van der Waals surface area contributed by atoms with Crippen molar-refractivity contribution in [3.63, 3.8) is 0 Å². The van der Waals surface area contributed by atoms with E-state index in [9.17, 15) is 0 Å². The second-order valence-corrected chi connectivity index (χ2v) is 5.53. The van der Waals surface area contributed by atoms with E-state index in [0.29, 0.717) is 0 Å². The summed E-state index contributed by atoms with van der Waals surface area (Å²) in [5.74, 6) is 0.924. The first-order chi connectivity index (χ1) is 4.11. The van der Waals surface area contributed by atoms with Crippen LogP contribution in [0.5, 0.6) is 0 Å². The number of hydrogen-bond acceptors (Lipinski definition) is 3. The summed E-state index contributed by atoms with van der Waals surface area (Å²) in [6.07, 6.45) is 0. The Morgan fingerprint density at radius 3 is 2.56 bits per heavy atom. The maximum Gasteiger partial charge on any atom is 0.157 e. The van der Waals surface area contributed by atoms with Gasteiger partial charge in [0.25, 0.3) is 0 Å². The van der Waals surface area contributed by atoms with Gasteiger partial charge in [0, 0.05) is 0 Å². The van der Waals surface area contributed by atoms with E-state index in [4.69, 9.17) is 0 Å². The average molecular weight is 254 g/mol. The lowest BCUT2D eigenvalue weighted by atomic mass is 10.2. The predicted molar refractivity (Wildman–Crippen MR) is 47.0 cm³/mol. The third kappa shape index (κ3) is 1.86. The van der Waals surface area contributed by atoms with Crippen LogP contribution in [0, 0.1) is 0 Å². The summed E-state index contributed by atoms with van der Waals surface area (Å²) >= 11 is 3.72. The van der Waals surface area contributed by atoms with Crippen molar-refractivity contribution in [2.75, 3.05) is 0 Å². The first-order valence-electron chi connectivity index (χ1n) is 2.56. The Morgan fingerprint density at radius 1 is 1.67 bits per heavy atom. The maximum absolute atomic E-state index is 4.11. The van der Waals surface area contributed by atoms with Gasteiger partial charge in [-0.1, -0.05) is 22.6 Å². The summed E-state index contributed by atoms with van der Waals surface area (Å²) in [6.45, 7) is 4.19. The molecule has 2 nitrogen and oxygen atoms in total. The van der Waals surface area contributed by atoms with Crippen molar-refractivity contribution in [2.24, 2.45) is 0 Å². The molecule has 1 aromatic rings. The molecule has 0 aliphatic heterocycles. The van der Waals surface area contributed by atoms with Gasteiger partial charge in [0.05, 0.1) is 3.42 Å². The van der Waals surface area contributed by atoms with E-state index >= 15 is 0 Å². The van der Waals surface area contributed by atoms with Crippen molar-refractivity contribution in [2.45, 2.75) is 17.3 Å². The fourth-order valence-electron chi connectivity index (χ4n) is 0.433. The van der Waals surface area contributed by atoms with E-state index in [1.54, 1.807) is 5.51 Å². The molecular weight excluding hydrogens is 247 g/mol. The molecular formula is C5H7IN2S. The third-order valence-electron chi connectivity index (χ3n) is 0.893. The van der Waals surface area contributed by atoms with Crippen molar-refractivity contribution in [1.82, 2.24) is 9.36 Å². The van der Waals surface area contributed by atoms with Crippen LogP contribution in [0.25, 0.3) is 0 Å². The molecule has 1 rings (SSSR count). The average Bonchev–Trinajstić information content (AvgIpc) is 2.08. The highest BCUT2D eigenvalue weighted by atomic mass is 127. The van der Waals surface area contributed by atoms with Crippen molar-refractivity contribution in [3.8, 4) is 0 Å². The van der Waals surface area contributed by atoms with Crippen LogP contribution in [-0.2, 0) is 3.42 Å². The Morgan fingerprint density at radius 2 is 2.33 bits per heavy atom. The Kier molecular flexibility index (Phi) is 2.05. The van der Waals surface area contributed by atoms with E-state index in [2.05, 4.69) is 45.8 Å². The van der Waals surface area contributed by atoms with Crippen LogP contribution >= 0.6 is 34.1 Å². The van der Waals surface area contributed by atoms with Crippen molar-refractivity contribution < 1.29 is 0 Å². The molecule has 0 radical (unpaired) electrons. The zero-order valence-electron chi connectivity index (χ0n) is 5.26. The van der Waals surface area contributed by atoms with E-state index in [0.717, 1.165) is 5.82 Å². The van der Waals surface area contributed by atoms with Gasteiger partial charge in [0.2, 0.25) is 0 Å². The molecule has 1 aromatic heterocycles. The number of halogens is 1. The second kappa shape index (κ2) is 2.49. The Balaban J connectivity index is 2.90. The highest BCUT2D eigenvalue weighted by molar-refractivity contribution is 14.1. The van der Waals surface area contributed by atoms with Gasteiger partial charge >= 0.3 is 0 Å². The molecule has 0 aliphatic rings. The van der Waals surface area contributed by atoms with Crippen LogP contribution in [-0.4, -0.2) is 9.36 Å². The molecule has 0 bridgehead atoms. The molecule has 0 fully saturated rings. The smallest absolute Gasteiger partial charge is 0.157 e. The Bertz CT molecular complexity index is 177. The second-order valence-electron chi connectivity index (χ2n) is 2.23. The lowest BCUT2D eigenvalue weighted by Crippen LogP contribution is -2.07. The monoisotopic (exact) mass is 254 g/mol. The van der Waals surface area contributed by atoms with Gasteiger partial charge in [0.1, 0.15) is 5.51 Å². The first kappa shape index (κ1) is 7.40. The molecule has 0 spiro atoms. The minimum Gasteiger partial charge on any atom is -0.227 e. The van der Waals surface area contributed by atoms with Crippen LogP contribution in [0.4, 0.5) is 0 Å². The van der Waals surface area contributed by atoms with E-state index < -0.39 is 0 Å². The predicted octanol–water partition coefficient (Wildman–Crippen LogP) is 2.21. The maximum atomic E-state index is 4.11. The standard InChI is InChI=1S/C5H7IN2S/c1-5(2,6)4-7-3-9-8-4/h3H,1-2H3. The summed E-state index contributed by atoms with van der Waals surface area (Å²) in [7, 11) is 0. The van der Waals surface area contributed by atoms with Crippen LogP contribution < -0.4 is 0 Å². The molecule has 1 heterocycles. The molecule has 0 unspecified atom stereocenters. The number of rotatable bonds is 1. The van der Waals surface area contributed by atoms with E-state index in [-0.39, 0.29) is 3.42 Å². The van der Waals surface area contributed by atoms with Crippen LogP contribution in [0.2, 0.25) is 0 Å². The zero-order chi connectivity index (χ0) is 6.91. The molecule has 0 aliphatic carbocycles. The number of aromatic nitrogens is 2. The highest BCUT2D eigenvalue weighted by Gasteiger charge is 2.18. The Labute approximate surface area is 72.0 Å². The summed E-state index contributed by atoms with van der Waals surface area (Å²) in [5.41, 5.74) is 1.76. The fraction of sp³-hybridized carbons (Fsp3) is 0.600. The molecule has 0 amide bonds. The molecule has 0 aromatic carbocycles. The number of alkyl halides is 1. The first-order valence-corrected chi connectivity index (χ1v) is 4.48. The van der Waals surface area contributed by atoms with Crippen LogP contribution in [0.3, 0.4) is 0 Å². The normalized spacial score (nSPS) is 11.9. The van der Waals surface area contributed by atoms with Gasteiger partial charge in [-0.2, -0.15) is 4.37 Å². The minimum atomic E-state index is 0.0811. The lowest BCUT2D eigenvalue weighted by Gasteiger charge is -2.09. The molecule has 4 heteroatoms. The SMILES string of the molecule is CC(C)(I)c1ncsn1. The third-order valence-corrected chi connectivity index (χ3v) is 1.85. The van der Waals surface area contributed by atoms with Crippen molar-refractivity contribution in [1.29, 1.82) is 0 Å². The van der Waals surface area contributed by atoms with E-state index in [1.165, 1.54) is 11.5 Å². The zero-order valence-corrected chi connectivity index (χ0v) is 8.23. The summed E-state index contributed by atoms with van der Waals surface area (Å²) in [6, 6.07) is 0. The fourth-order valence-corrected chi connectivity index (χ4v) is 1.43. The number of hydrogen-bond donors (Lipinski definition) is 0. The lowest BCUT2D eigenvalue weighted by molar-refractivity contribution is 0.764. The van der Waals surface area contributed by atoms with Gasteiger partial charge in [0.15, 0.2) is 5.82 Å². The van der Waals surface area contributed by atoms with Crippen molar-refractivity contribution >= 4 is 34.1 Å². The summed E-state index contributed by atoms with van der Waals surface area (Å²) in [4.78, 5) is 4.09. The Hall–Kier alpha value is 0.290. The summed E-state index contributed by atoms with van der Waals surface area (Å²) in [5, 5.41) is 0. The molecule has 0 N–H and O–H groups in total. The van der Waals surface area contributed by atoms with Gasteiger partial charge in [-0.3, -0.25) is 0 Å². The molecule has 0 saturated heterocycles. The topological polar surface area (TPSA) is 25.8 Å². The van der Waals surface area contributed by atoms with Crippen LogP contribution in [0.15, 0.2) is 5.51 Å².